The molecule has 2 amide bonds. The molecule has 2 N–H and O–H groups in total. The molecule has 5 nitrogen and oxygen atoms in total. The van der Waals surface area contributed by atoms with Gasteiger partial charge in [-0.15, -0.1) is 0 Å². The molecule has 1 aliphatic heterocycles. The molecule has 1 saturated heterocycles. The van der Waals surface area contributed by atoms with E-state index < -0.39 is 5.92 Å². The lowest BCUT2D eigenvalue weighted by atomic mass is 9.89. The molecule has 1 fully saturated rings. The van der Waals surface area contributed by atoms with Gasteiger partial charge in [0.25, 0.3) is 0 Å². The van der Waals surface area contributed by atoms with Crippen molar-refractivity contribution in [2.75, 3.05) is 24.6 Å². The number of aryl methyl sites for hydroxylation is 1. The average Bonchev–Trinajstić information content (AvgIpc) is 2.94. The molecule has 1 heterocycles. The van der Waals surface area contributed by atoms with Crippen LogP contribution in [-0.2, 0) is 9.59 Å². The van der Waals surface area contributed by atoms with Gasteiger partial charge < -0.3 is 15.3 Å². The zero-order valence-electron chi connectivity index (χ0n) is 14.8. The lowest BCUT2D eigenvalue weighted by molar-refractivity contribution is -0.132. The Morgan fingerprint density at radius 1 is 1.33 bits per heavy atom. The summed E-state index contributed by atoms with van der Waals surface area (Å²) < 4.78 is 0. The summed E-state index contributed by atoms with van der Waals surface area (Å²) in [5, 5.41) is 12.1. The van der Waals surface area contributed by atoms with Gasteiger partial charge in [-0.25, -0.2) is 0 Å². The second-order valence-corrected chi connectivity index (χ2v) is 7.38. The lowest BCUT2D eigenvalue weighted by Gasteiger charge is -2.21. The van der Waals surface area contributed by atoms with Crippen molar-refractivity contribution in [3.63, 3.8) is 0 Å². The van der Waals surface area contributed by atoms with Crippen molar-refractivity contribution in [3.8, 4) is 0 Å². The highest BCUT2D eigenvalue weighted by atomic mass is 16.3. The smallest absolute Gasteiger partial charge is 0.239 e. The number of anilines is 1. The van der Waals surface area contributed by atoms with Gasteiger partial charge in [0.05, 0.1) is 0 Å². The Hall–Kier alpha value is -1.88. The van der Waals surface area contributed by atoms with Crippen LogP contribution in [0.3, 0.4) is 0 Å². The highest BCUT2D eigenvalue weighted by Crippen LogP contribution is 2.26. The van der Waals surface area contributed by atoms with Crippen molar-refractivity contribution in [1.82, 2.24) is 5.32 Å². The second-order valence-electron chi connectivity index (χ2n) is 7.38. The fourth-order valence-corrected chi connectivity index (χ4v) is 2.89. The summed E-state index contributed by atoms with van der Waals surface area (Å²) >= 11 is 0. The van der Waals surface area contributed by atoms with Gasteiger partial charge in [-0.3, -0.25) is 9.59 Å². The number of nitrogens with one attached hydrogen (secondary N) is 1. The van der Waals surface area contributed by atoms with Gasteiger partial charge in [-0.2, -0.15) is 0 Å². The number of amides is 2. The molecule has 0 spiro atoms. The van der Waals surface area contributed by atoms with E-state index in [2.05, 4.69) is 5.32 Å². The summed E-state index contributed by atoms with van der Waals surface area (Å²) in [4.78, 5) is 26.5. The molecule has 1 aliphatic rings. The van der Waals surface area contributed by atoms with Crippen LogP contribution in [0, 0.1) is 18.3 Å². The van der Waals surface area contributed by atoms with Crippen LogP contribution in [0.2, 0.25) is 0 Å². The van der Waals surface area contributed by atoms with E-state index in [9.17, 15) is 14.7 Å². The zero-order chi connectivity index (χ0) is 17.7. The predicted octanol–water partition coefficient (Wildman–Crippen LogP) is 2.26. The molecule has 0 saturated carbocycles. The molecule has 132 valence electrons. The number of carbonyl (C=O) groups excluding carboxylic acids is 2. The minimum atomic E-state index is -0.586. The number of aliphatic hydroxyl groups is 1. The first kappa shape index (κ1) is 18.5. The van der Waals surface area contributed by atoms with Gasteiger partial charge in [-0.05, 0) is 43.7 Å². The maximum Gasteiger partial charge on any atom is 0.239 e. The summed E-state index contributed by atoms with van der Waals surface area (Å²) in [5.41, 5.74) is 1.87. The summed E-state index contributed by atoms with van der Waals surface area (Å²) in [6.07, 6.45) is 2.18. The Labute approximate surface area is 144 Å². The van der Waals surface area contributed by atoms with Crippen LogP contribution in [0.1, 0.15) is 38.7 Å². The van der Waals surface area contributed by atoms with Crippen molar-refractivity contribution in [1.29, 1.82) is 0 Å². The standard InChI is InChI=1S/C19H28N2O3/c1-14-5-7-15(8-6-14)21-12-9-16(18(21)24)17(23)20-11-4-10-19(2,3)13-22/h5-8,16,22H,4,9-13H2,1-3H3,(H,20,23). The normalized spacial score (nSPS) is 18.1. The van der Waals surface area contributed by atoms with Crippen molar-refractivity contribution in [3.05, 3.63) is 29.8 Å². The molecule has 0 bridgehead atoms. The van der Waals surface area contributed by atoms with E-state index in [1.165, 1.54) is 0 Å². The van der Waals surface area contributed by atoms with Gasteiger partial charge >= 0.3 is 0 Å². The Bertz CT molecular complexity index is 581. The van der Waals surface area contributed by atoms with Crippen LogP contribution >= 0.6 is 0 Å². The number of hydrogen-bond donors (Lipinski definition) is 2. The second kappa shape index (κ2) is 7.79. The minimum absolute atomic E-state index is 0.118. The third kappa shape index (κ3) is 4.57. The first-order valence-electron chi connectivity index (χ1n) is 8.61. The van der Waals surface area contributed by atoms with E-state index >= 15 is 0 Å². The number of hydrogen-bond acceptors (Lipinski definition) is 3. The lowest BCUT2D eigenvalue weighted by Crippen LogP contribution is -2.37. The molecular weight excluding hydrogens is 304 g/mol. The summed E-state index contributed by atoms with van der Waals surface area (Å²) in [6, 6.07) is 7.78. The first-order valence-corrected chi connectivity index (χ1v) is 8.61. The Morgan fingerprint density at radius 3 is 2.62 bits per heavy atom. The van der Waals surface area contributed by atoms with E-state index in [0.717, 1.165) is 24.1 Å². The van der Waals surface area contributed by atoms with Gasteiger partial charge in [0.1, 0.15) is 5.92 Å². The molecule has 0 radical (unpaired) electrons. The number of aliphatic hydroxyl groups excluding tert-OH is 1. The molecule has 5 heteroatoms. The van der Waals surface area contributed by atoms with Gasteiger partial charge in [0.2, 0.25) is 11.8 Å². The molecule has 1 aromatic rings. The van der Waals surface area contributed by atoms with E-state index in [4.69, 9.17) is 0 Å². The average molecular weight is 332 g/mol. The monoisotopic (exact) mass is 332 g/mol. The maximum atomic E-state index is 12.5. The third-order valence-electron chi connectivity index (χ3n) is 4.63. The Morgan fingerprint density at radius 2 is 2.00 bits per heavy atom. The SMILES string of the molecule is Cc1ccc(N2CCC(C(=O)NCCCC(C)(C)CO)C2=O)cc1. The summed E-state index contributed by atoms with van der Waals surface area (Å²) in [6.45, 7) is 7.25. The van der Waals surface area contributed by atoms with Crippen LogP contribution < -0.4 is 10.2 Å². The van der Waals surface area contributed by atoms with E-state index in [1.54, 1.807) is 4.90 Å². The maximum absolute atomic E-state index is 12.5. The predicted molar refractivity (Wildman–Crippen MR) is 94.7 cm³/mol. The highest BCUT2D eigenvalue weighted by Gasteiger charge is 2.37. The Kier molecular flexibility index (Phi) is 5.99. The fourth-order valence-electron chi connectivity index (χ4n) is 2.89. The van der Waals surface area contributed by atoms with Crippen LogP contribution in [0.25, 0.3) is 0 Å². The highest BCUT2D eigenvalue weighted by molar-refractivity contribution is 6.09. The van der Waals surface area contributed by atoms with Crippen molar-refractivity contribution >= 4 is 17.5 Å². The van der Waals surface area contributed by atoms with Crippen molar-refractivity contribution in [2.45, 2.75) is 40.0 Å². The van der Waals surface area contributed by atoms with Gasteiger partial charge in [-0.1, -0.05) is 31.5 Å². The number of nitrogens with zero attached hydrogens (tertiary/aromatic N) is 1. The molecule has 24 heavy (non-hydrogen) atoms. The molecule has 0 aromatic heterocycles. The van der Waals surface area contributed by atoms with Gasteiger partial charge in [0.15, 0.2) is 0 Å². The molecule has 0 aliphatic carbocycles. The topological polar surface area (TPSA) is 69.6 Å². The molecular formula is C19H28N2O3. The fraction of sp³-hybridized carbons (Fsp3) is 0.579. The van der Waals surface area contributed by atoms with E-state index in [1.807, 2.05) is 45.0 Å². The van der Waals surface area contributed by atoms with Gasteiger partial charge in [0, 0.05) is 25.4 Å². The van der Waals surface area contributed by atoms with Crippen LogP contribution in [-0.4, -0.2) is 36.6 Å². The van der Waals surface area contributed by atoms with Crippen LogP contribution in [0.4, 0.5) is 5.69 Å². The zero-order valence-corrected chi connectivity index (χ0v) is 14.8. The van der Waals surface area contributed by atoms with Crippen molar-refractivity contribution in [2.24, 2.45) is 11.3 Å². The van der Waals surface area contributed by atoms with Crippen molar-refractivity contribution < 1.29 is 14.7 Å². The minimum Gasteiger partial charge on any atom is -0.396 e. The first-order chi connectivity index (χ1) is 11.3. The molecule has 1 aromatic carbocycles. The quantitative estimate of drug-likeness (QED) is 0.594. The number of rotatable bonds is 7. The third-order valence-corrected chi connectivity index (χ3v) is 4.63. The number of carbonyl (C=O) groups is 2. The Balaban J connectivity index is 1.83. The van der Waals surface area contributed by atoms with E-state index in [-0.39, 0.29) is 23.8 Å². The molecule has 1 unspecified atom stereocenters. The summed E-state index contributed by atoms with van der Waals surface area (Å²) in [5.74, 6) is -0.888. The van der Waals surface area contributed by atoms with Crippen LogP contribution in [0.15, 0.2) is 24.3 Å². The number of benzene rings is 1. The molecule has 1 atom stereocenters. The van der Waals surface area contributed by atoms with E-state index in [0.29, 0.717) is 19.5 Å². The van der Waals surface area contributed by atoms with Crippen LogP contribution in [0.5, 0.6) is 0 Å². The largest absolute Gasteiger partial charge is 0.396 e. The summed E-state index contributed by atoms with van der Waals surface area (Å²) in [7, 11) is 0. The molecule has 2 rings (SSSR count).